The Balaban J connectivity index is 2.87. The van der Waals surface area contributed by atoms with E-state index in [1.54, 1.807) is 18.3 Å². The molecule has 0 bridgehead atoms. The minimum Gasteiger partial charge on any atom is -0.392 e. The summed E-state index contributed by atoms with van der Waals surface area (Å²) < 4.78 is 0. The van der Waals surface area contributed by atoms with Gasteiger partial charge in [0.05, 0.1) is 6.61 Å². The van der Waals surface area contributed by atoms with Crippen LogP contribution in [0.5, 0.6) is 0 Å². The Kier molecular flexibility index (Phi) is 2.20. The predicted molar refractivity (Wildman–Crippen MR) is 38.0 cm³/mol. The SMILES string of the molecule is NNc1cc(CO)ccn1. The van der Waals surface area contributed by atoms with Crippen LogP contribution in [0.4, 0.5) is 5.82 Å². The second-order valence-electron chi connectivity index (χ2n) is 1.85. The zero-order valence-electron chi connectivity index (χ0n) is 5.41. The molecule has 0 aliphatic carbocycles. The predicted octanol–water partition coefficient (Wildman–Crippen LogP) is -0.140. The van der Waals surface area contributed by atoms with Gasteiger partial charge in [0.15, 0.2) is 0 Å². The van der Waals surface area contributed by atoms with E-state index >= 15 is 0 Å². The largest absolute Gasteiger partial charge is 0.392 e. The second kappa shape index (κ2) is 3.14. The number of nitrogens with one attached hydrogen (secondary N) is 1. The quantitative estimate of drug-likeness (QED) is 0.394. The topological polar surface area (TPSA) is 71.2 Å². The van der Waals surface area contributed by atoms with Crippen LogP contribution in [0.3, 0.4) is 0 Å². The summed E-state index contributed by atoms with van der Waals surface area (Å²) in [5.74, 6) is 5.64. The maximum Gasteiger partial charge on any atom is 0.140 e. The highest BCUT2D eigenvalue weighted by atomic mass is 16.3. The molecular formula is C6H9N3O. The van der Waals surface area contributed by atoms with E-state index in [0.717, 1.165) is 5.56 Å². The van der Waals surface area contributed by atoms with Crippen molar-refractivity contribution in [3.63, 3.8) is 0 Å². The van der Waals surface area contributed by atoms with Crippen molar-refractivity contribution in [2.45, 2.75) is 6.61 Å². The molecule has 0 saturated heterocycles. The lowest BCUT2D eigenvalue weighted by Crippen LogP contribution is -2.08. The van der Waals surface area contributed by atoms with Crippen molar-refractivity contribution in [3.05, 3.63) is 23.9 Å². The number of rotatable bonds is 2. The van der Waals surface area contributed by atoms with E-state index in [2.05, 4.69) is 10.4 Å². The van der Waals surface area contributed by atoms with Crippen LogP contribution in [0.1, 0.15) is 5.56 Å². The number of hydrogen-bond acceptors (Lipinski definition) is 4. The number of anilines is 1. The molecule has 1 rings (SSSR count). The van der Waals surface area contributed by atoms with Gasteiger partial charge in [0.1, 0.15) is 5.82 Å². The molecule has 10 heavy (non-hydrogen) atoms. The number of aromatic nitrogens is 1. The smallest absolute Gasteiger partial charge is 0.140 e. The number of aliphatic hydroxyl groups excluding tert-OH is 1. The Hall–Kier alpha value is -1.13. The first kappa shape index (κ1) is 6.98. The van der Waals surface area contributed by atoms with Gasteiger partial charge < -0.3 is 10.5 Å². The zero-order valence-corrected chi connectivity index (χ0v) is 5.41. The monoisotopic (exact) mass is 139 g/mol. The molecule has 0 amide bonds. The first-order valence-electron chi connectivity index (χ1n) is 2.89. The van der Waals surface area contributed by atoms with Crippen molar-refractivity contribution in [3.8, 4) is 0 Å². The van der Waals surface area contributed by atoms with E-state index in [-0.39, 0.29) is 6.61 Å². The first-order chi connectivity index (χ1) is 4.86. The lowest BCUT2D eigenvalue weighted by Gasteiger charge is -1.99. The molecule has 1 heterocycles. The number of aliphatic hydroxyl groups is 1. The Morgan fingerprint density at radius 1 is 1.70 bits per heavy atom. The highest BCUT2D eigenvalue weighted by Gasteiger charge is 1.91. The first-order valence-corrected chi connectivity index (χ1v) is 2.89. The van der Waals surface area contributed by atoms with Crippen molar-refractivity contribution in [1.29, 1.82) is 0 Å². The fourth-order valence-electron chi connectivity index (χ4n) is 0.652. The Morgan fingerprint density at radius 3 is 3.10 bits per heavy atom. The van der Waals surface area contributed by atoms with E-state index < -0.39 is 0 Å². The molecule has 0 radical (unpaired) electrons. The molecule has 54 valence electrons. The normalized spacial score (nSPS) is 9.40. The molecule has 0 aliphatic rings. The molecule has 1 aromatic rings. The molecule has 0 aromatic carbocycles. The lowest BCUT2D eigenvalue weighted by atomic mass is 10.3. The van der Waals surface area contributed by atoms with Crippen LogP contribution in [0.25, 0.3) is 0 Å². The molecule has 1 aromatic heterocycles. The summed E-state index contributed by atoms with van der Waals surface area (Å²) in [5, 5.41) is 8.66. The van der Waals surface area contributed by atoms with E-state index in [1.165, 1.54) is 0 Å². The second-order valence-corrected chi connectivity index (χ2v) is 1.85. The maximum absolute atomic E-state index is 8.66. The van der Waals surface area contributed by atoms with Crippen LogP contribution in [0, 0.1) is 0 Å². The van der Waals surface area contributed by atoms with Crippen molar-refractivity contribution >= 4 is 5.82 Å². The number of nitrogens with zero attached hydrogens (tertiary/aromatic N) is 1. The van der Waals surface area contributed by atoms with Gasteiger partial charge in [0, 0.05) is 6.20 Å². The highest BCUT2D eigenvalue weighted by molar-refractivity contribution is 5.35. The Labute approximate surface area is 58.7 Å². The number of pyridine rings is 1. The van der Waals surface area contributed by atoms with Gasteiger partial charge in [0.25, 0.3) is 0 Å². The molecule has 0 atom stereocenters. The molecule has 0 saturated carbocycles. The minimum absolute atomic E-state index is 0.0111. The Bertz CT molecular complexity index is 195. The molecule has 4 nitrogen and oxygen atoms in total. The summed E-state index contributed by atoms with van der Waals surface area (Å²) in [7, 11) is 0. The average molecular weight is 139 g/mol. The summed E-state index contributed by atoms with van der Waals surface area (Å²) in [6.45, 7) is 0.0111. The van der Waals surface area contributed by atoms with E-state index in [4.69, 9.17) is 10.9 Å². The summed E-state index contributed by atoms with van der Waals surface area (Å²) in [5.41, 5.74) is 3.17. The summed E-state index contributed by atoms with van der Waals surface area (Å²) in [4.78, 5) is 3.86. The zero-order chi connectivity index (χ0) is 7.40. The van der Waals surface area contributed by atoms with Crippen LogP contribution in [0.2, 0.25) is 0 Å². The van der Waals surface area contributed by atoms with Gasteiger partial charge in [-0.3, -0.25) is 0 Å². The van der Waals surface area contributed by atoms with Gasteiger partial charge in [-0.05, 0) is 17.7 Å². The third-order valence-electron chi connectivity index (χ3n) is 1.15. The molecular weight excluding hydrogens is 130 g/mol. The van der Waals surface area contributed by atoms with Gasteiger partial charge >= 0.3 is 0 Å². The van der Waals surface area contributed by atoms with Crippen molar-refractivity contribution in [1.82, 2.24) is 4.98 Å². The van der Waals surface area contributed by atoms with Gasteiger partial charge in [-0.2, -0.15) is 0 Å². The number of hydrazine groups is 1. The fourth-order valence-corrected chi connectivity index (χ4v) is 0.652. The van der Waals surface area contributed by atoms with Crippen LogP contribution in [-0.2, 0) is 6.61 Å². The molecule has 0 spiro atoms. The van der Waals surface area contributed by atoms with Crippen LogP contribution in [-0.4, -0.2) is 10.1 Å². The third-order valence-corrected chi connectivity index (χ3v) is 1.15. The highest BCUT2D eigenvalue weighted by Crippen LogP contribution is 2.03. The molecule has 0 unspecified atom stereocenters. The van der Waals surface area contributed by atoms with E-state index in [9.17, 15) is 0 Å². The van der Waals surface area contributed by atoms with Crippen LogP contribution < -0.4 is 11.3 Å². The fraction of sp³-hybridized carbons (Fsp3) is 0.167. The van der Waals surface area contributed by atoms with Crippen molar-refractivity contribution in [2.75, 3.05) is 5.43 Å². The van der Waals surface area contributed by atoms with Gasteiger partial charge in [0.2, 0.25) is 0 Å². The molecule has 0 aliphatic heterocycles. The van der Waals surface area contributed by atoms with Crippen molar-refractivity contribution in [2.24, 2.45) is 5.84 Å². The van der Waals surface area contributed by atoms with Crippen molar-refractivity contribution < 1.29 is 5.11 Å². The van der Waals surface area contributed by atoms with Gasteiger partial charge in [-0.25, -0.2) is 10.8 Å². The number of nitrogens with two attached hydrogens (primary N) is 1. The van der Waals surface area contributed by atoms with Gasteiger partial charge in [-0.15, -0.1) is 0 Å². The summed E-state index contributed by atoms with van der Waals surface area (Å²) in [6, 6.07) is 3.40. The molecule has 0 fully saturated rings. The average Bonchev–Trinajstić information content (AvgIpc) is 2.05. The number of nitrogen functional groups attached to an aromatic ring is 1. The summed E-state index contributed by atoms with van der Waals surface area (Å²) in [6.07, 6.45) is 1.58. The van der Waals surface area contributed by atoms with E-state index in [1.807, 2.05) is 0 Å². The standard InChI is InChI=1S/C6H9N3O/c7-9-6-3-5(4-10)1-2-8-6/h1-3,10H,4,7H2,(H,8,9). The Morgan fingerprint density at radius 2 is 2.50 bits per heavy atom. The minimum atomic E-state index is 0.0111. The lowest BCUT2D eigenvalue weighted by molar-refractivity contribution is 0.282. The third kappa shape index (κ3) is 1.43. The van der Waals surface area contributed by atoms with Crippen LogP contribution in [0.15, 0.2) is 18.3 Å². The number of hydrogen-bond donors (Lipinski definition) is 3. The van der Waals surface area contributed by atoms with Crippen LogP contribution >= 0.6 is 0 Å². The molecule has 4 heteroatoms. The van der Waals surface area contributed by atoms with Gasteiger partial charge in [-0.1, -0.05) is 0 Å². The maximum atomic E-state index is 8.66. The van der Waals surface area contributed by atoms with E-state index in [0.29, 0.717) is 5.82 Å². The molecule has 4 N–H and O–H groups in total. The summed E-state index contributed by atoms with van der Waals surface area (Å²) >= 11 is 0.